The zero-order chi connectivity index (χ0) is 11.4. The summed E-state index contributed by atoms with van der Waals surface area (Å²) in [7, 11) is 0. The molecule has 1 atom stereocenters. The van der Waals surface area contributed by atoms with Crippen molar-refractivity contribution in [3.05, 3.63) is 29.8 Å². The van der Waals surface area contributed by atoms with E-state index in [0.29, 0.717) is 0 Å². The van der Waals surface area contributed by atoms with Crippen LogP contribution in [0, 0.1) is 0 Å². The zero-order valence-electron chi connectivity index (χ0n) is 8.98. The highest BCUT2D eigenvalue weighted by molar-refractivity contribution is 5.70. The van der Waals surface area contributed by atoms with Gasteiger partial charge in [0.1, 0.15) is 11.9 Å². The molecule has 1 aliphatic rings. The van der Waals surface area contributed by atoms with E-state index in [1.165, 1.54) is 0 Å². The fourth-order valence-electron chi connectivity index (χ4n) is 1.78. The van der Waals surface area contributed by atoms with Gasteiger partial charge in [-0.3, -0.25) is 4.79 Å². The second kappa shape index (κ2) is 4.99. The molecule has 0 spiro atoms. The average molecular weight is 221 g/mol. The van der Waals surface area contributed by atoms with E-state index < -0.39 is 5.97 Å². The molecule has 0 amide bonds. The highest BCUT2D eigenvalue weighted by atomic mass is 16.5. The van der Waals surface area contributed by atoms with Crippen molar-refractivity contribution in [2.75, 3.05) is 13.1 Å². The fourth-order valence-corrected chi connectivity index (χ4v) is 1.78. The van der Waals surface area contributed by atoms with Crippen LogP contribution < -0.4 is 10.1 Å². The van der Waals surface area contributed by atoms with E-state index in [-0.39, 0.29) is 12.5 Å². The van der Waals surface area contributed by atoms with Crippen LogP contribution in [0.3, 0.4) is 0 Å². The van der Waals surface area contributed by atoms with Gasteiger partial charge in [0.2, 0.25) is 0 Å². The van der Waals surface area contributed by atoms with Gasteiger partial charge < -0.3 is 15.2 Å². The summed E-state index contributed by atoms with van der Waals surface area (Å²) >= 11 is 0. The van der Waals surface area contributed by atoms with Gasteiger partial charge in [0.15, 0.2) is 0 Å². The van der Waals surface area contributed by atoms with Crippen LogP contribution in [0.1, 0.15) is 12.0 Å². The maximum absolute atomic E-state index is 10.5. The molecular formula is C12H15NO3. The topological polar surface area (TPSA) is 58.6 Å². The van der Waals surface area contributed by atoms with E-state index in [2.05, 4.69) is 5.32 Å². The van der Waals surface area contributed by atoms with Gasteiger partial charge >= 0.3 is 5.97 Å². The van der Waals surface area contributed by atoms with Gasteiger partial charge in [0.05, 0.1) is 6.42 Å². The van der Waals surface area contributed by atoms with Gasteiger partial charge in [0, 0.05) is 6.54 Å². The highest BCUT2D eigenvalue weighted by Crippen LogP contribution is 2.16. The number of hydrogen-bond donors (Lipinski definition) is 2. The first-order valence-electron chi connectivity index (χ1n) is 5.42. The minimum absolute atomic E-state index is 0.0608. The number of hydrogen-bond acceptors (Lipinski definition) is 3. The number of aliphatic carboxylic acids is 1. The third-order valence-corrected chi connectivity index (χ3v) is 2.60. The van der Waals surface area contributed by atoms with E-state index in [1.54, 1.807) is 12.1 Å². The van der Waals surface area contributed by atoms with E-state index in [4.69, 9.17) is 9.84 Å². The predicted molar refractivity (Wildman–Crippen MR) is 59.7 cm³/mol. The molecule has 0 radical (unpaired) electrons. The molecule has 0 saturated carbocycles. The van der Waals surface area contributed by atoms with E-state index in [1.807, 2.05) is 12.1 Å². The molecule has 1 aromatic carbocycles. The molecule has 0 bridgehead atoms. The largest absolute Gasteiger partial charge is 0.489 e. The molecule has 86 valence electrons. The van der Waals surface area contributed by atoms with Crippen LogP contribution in [0.5, 0.6) is 5.75 Å². The van der Waals surface area contributed by atoms with Crippen LogP contribution in [0.4, 0.5) is 0 Å². The summed E-state index contributed by atoms with van der Waals surface area (Å²) in [6.07, 6.45) is 1.33. The number of carboxylic acids is 1. The first kappa shape index (κ1) is 11.0. The van der Waals surface area contributed by atoms with Crippen LogP contribution in [0.25, 0.3) is 0 Å². The number of ether oxygens (including phenoxy) is 1. The summed E-state index contributed by atoms with van der Waals surface area (Å²) in [6, 6.07) is 7.25. The van der Waals surface area contributed by atoms with Crippen molar-refractivity contribution in [3.63, 3.8) is 0 Å². The lowest BCUT2D eigenvalue weighted by atomic mass is 10.1. The molecule has 1 unspecified atom stereocenters. The normalized spacial score (nSPS) is 19.6. The summed E-state index contributed by atoms with van der Waals surface area (Å²) in [6.45, 7) is 1.89. The lowest BCUT2D eigenvalue weighted by Gasteiger charge is -2.12. The van der Waals surface area contributed by atoms with Crippen LogP contribution in [-0.4, -0.2) is 30.3 Å². The van der Waals surface area contributed by atoms with E-state index in [9.17, 15) is 4.79 Å². The van der Waals surface area contributed by atoms with Crippen molar-refractivity contribution in [2.24, 2.45) is 0 Å². The highest BCUT2D eigenvalue weighted by Gasteiger charge is 2.15. The van der Waals surface area contributed by atoms with Crippen LogP contribution in [-0.2, 0) is 11.2 Å². The Kier molecular flexibility index (Phi) is 3.41. The second-order valence-electron chi connectivity index (χ2n) is 3.95. The van der Waals surface area contributed by atoms with Crippen molar-refractivity contribution < 1.29 is 14.6 Å². The monoisotopic (exact) mass is 221 g/mol. The number of carboxylic acid groups (broad SMARTS) is 1. The number of rotatable bonds is 4. The first-order valence-corrected chi connectivity index (χ1v) is 5.42. The third kappa shape index (κ3) is 2.97. The molecule has 1 heterocycles. The number of carbonyl (C=O) groups is 1. The van der Waals surface area contributed by atoms with Gasteiger partial charge in [-0.15, -0.1) is 0 Å². The van der Waals surface area contributed by atoms with Gasteiger partial charge in [-0.1, -0.05) is 12.1 Å². The zero-order valence-corrected chi connectivity index (χ0v) is 8.98. The van der Waals surface area contributed by atoms with Crippen molar-refractivity contribution in [1.82, 2.24) is 5.32 Å². The summed E-state index contributed by atoms with van der Waals surface area (Å²) in [5, 5.41) is 11.9. The van der Waals surface area contributed by atoms with Gasteiger partial charge in [0.25, 0.3) is 0 Å². The van der Waals surface area contributed by atoms with Crippen molar-refractivity contribution in [3.8, 4) is 5.75 Å². The maximum Gasteiger partial charge on any atom is 0.307 e. The summed E-state index contributed by atoms with van der Waals surface area (Å²) in [4.78, 5) is 10.5. The molecule has 4 nitrogen and oxygen atoms in total. The fraction of sp³-hybridized carbons (Fsp3) is 0.417. The number of benzene rings is 1. The molecule has 4 heteroatoms. The molecule has 1 aromatic rings. The van der Waals surface area contributed by atoms with Crippen LogP contribution >= 0.6 is 0 Å². The summed E-state index contributed by atoms with van der Waals surface area (Å²) in [5.41, 5.74) is 0.796. The standard InChI is InChI=1S/C12H15NO3/c14-12(15)7-9-1-3-10(4-2-9)16-11-5-6-13-8-11/h1-4,11,13H,5-8H2,(H,14,15). The molecular weight excluding hydrogens is 206 g/mol. The Labute approximate surface area is 94.2 Å². The molecule has 1 aliphatic heterocycles. The second-order valence-corrected chi connectivity index (χ2v) is 3.95. The third-order valence-electron chi connectivity index (χ3n) is 2.60. The van der Waals surface area contributed by atoms with Gasteiger partial charge in [-0.05, 0) is 30.7 Å². The molecule has 2 N–H and O–H groups in total. The average Bonchev–Trinajstić information content (AvgIpc) is 2.73. The smallest absolute Gasteiger partial charge is 0.307 e. The van der Waals surface area contributed by atoms with Gasteiger partial charge in [-0.25, -0.2) is 0 Å². The van der Waals surface area contributed by atoms with E-state index >= 15 is 0 Å². The van der Waals surface area contributed by atoms with E-state index in [0.717, 1.165) is 30.8 Å². The molecule has 0 aliphatic carbocycles. The Morgan fingerprint density at radius 1 is 1.44 bits per heavy atom. The molecule has 16 heavy (non-hydrogen) atoms. The molecule has 0 aromatic heterocycles. The molecule has 1 fully saturated rings. The number of nitrogens with one attached hydrogen (secondary N) is 1. The Morgan fingerprint density at radius 3 is 2.75 bits per heavy atom. The lowest BCUT2D eigenvalue weighted by Crippen LogP contribution is -2.19. The minimum Gasteiger partial charge on any atom is -0.489 e. The predicted octanol–water partition coefficient (Wildman–Crippen LogP) is 1.05. The van der Waals surface area contributed by atoms with Crippen molar-refractivity contribution >= 4 is 5.97 Å². The first-order chi connectivity index (χ1) is 7.74. The summed E-state index contributed by atoms with van der Waals surface area (Å²) in [5.74, 6) is -0.00324. The van der Waals surface area contributed by atoms with Crippen molar-refractivity contribution in [1.29, 1.82) is 0 Å². The SMILES string of the molecule is O=C(O)Cc1ccc(OC2CCNC2)cc1. The minimum atomic E-state index is -0.811. The Morgan fingerprint density at radius 2 is 2.19 bits per heavy atom. The quantitative estimate of drug-likeness (QED) is 0.798. The summed E-state index contributed by atoms with van der Waals surface area (Å²) < 4.78 is 5.73. The Hall–Kier alpha value is -1.55. The maximum atomic E-state index is 10.5. The molecule has 2 rings (SSSR count). The van der Waals surface area contributed by atoms with Crippen molar-refractivity contribution in [2.45, 2.75) is 18.9 Å². The molecule has 1 saturated heterocycles. The van der Waals surface area contributed by atoms with Gasteiger partial charge in [-0.2, -0.15) is 0 Å². The Balaban J connectivity index is 1.93. The Bertz CT molecular complexity index is 355. The van der Waals surface area contributed by atoms with Crippen LogP contribution in [0.2, 0.25) is 0 Å². The lowest BCUT2D eigenvalue weighted by molar-refractivity contribution is -0.136. The van der Waals surface area contributed by atoms with Crippen LogP contribution in [0.15, 0.2) is 24.3 Å².